The Morgan fingerprint density at radius 2 is 1.62 bits per heavy atom. The zero-order chi connectivity index (χ0) is 28.3. The van der Waals surface area contributed by atoms with E-state index in [1.807, 2.05) is 32.0 Å². The molecule has 1 aliphatic heterocycles. The van der Waals surface area contributed by atoms with Crippen LogP contribution in [0.4, 0.5) is 16.3 Å². The topological polar surface area (TPSA) is 151 Å². The number of nitrogens with two attached hydrogens (primary N) is 1. The number of H-pyrrole nitrogens is 1. The first-order valence-corrected chi connectivity index (χ1v) is 12.8. The third-order valence-corrected chi connectivity index (χ3v) is 6.78. The molecule has 0 aliphatic carbocycles. The molecule has 1 atom stereocenters. The van der Waals surface area contributed by atoms with E-state index in [-0.39, 0.29) is 36.9 Å². The maximum atomic E-state index is 13.7. The van der Waals surface area contributed by atoms with Gasteiger partial charge in [0, 0.05) is 6.54 Å². The molecule has 1 aliphatic rings. The fourth-order valence-corrected chi connectivity index (χ4v) is 4.80. The molecule has 11 nitrogen and oxygen atoms in total. The number of carbonyl (C=O) groups excluding carboxylic acids is 3. The molecule has 1 aromatic heterocycles. The molecule has 0 unspecified atom stereocenters. The lowest BCUT2D eigenvalue weighted by Crippen LogP contribution is -2.48. The van der Waals surface area contributed by atoms with Crippen LogP contribution >= 0.6 is 0 Å². The van der Waals surface area contributed by atoms with Gasteiger partial charge in [0.25, 0.3) is 11.5 Å². The molecular formula is C28H32N6O5. The lowest BCUT2D eigenvalue weighted by molar-refractivity contribution is -0.134. The van der Waals surface area contributed by atoms with Gasteiger partial charge in [0.15, 0.2) is 5.69 Å². The maximum Gasteiger partial charge on any atom is 0.330 e. The summed E-state index contributed by atoms with van der Waals surface area (Å²) < 4.78 is 1.18. The average molecular weight is 533 g/mol. The molecule has 4 amide bonds. The summed E-state index contributed by atoms with van der Waals surface area (Å²) in [5, 5.41) is 2.75. The Hall–Kier alpha value is -4.67. The number of imide groups is 1. The van der Waals surface area contributed by atoms with Gasteiger partial charge in [-0.15, -0.1) is 0 Å². The van der Waals surface area contributed by atoms with Crippen molar-refractivity contribution in [2.24, 2.45) is 5.92 Å². The minimum absolute atomic E-state index is 0.0664. The summed E-state index contributed by atoms with van der Waals surface area (Å²) in [4.78, 5) is 70.1. The molecular weight excluding hydrogens is 500 g/mol. The number of nitrogen functional groups attached to an aromatic ring is 1. The van der Waals surface area contributed by atoms with Crippen LogP contribution in [0, 0.1) is 5.92 Å². The predicted molar refractivity (Wildman–Crippen MR) is 147 cm³/mol. The van der Waals surface area contributed by atoms with E-state index >= 15 is 0 Å². The second-order valence-electron chi connectivity index (χ2n) is 9.91. The Bertz CT molecular complexity index is 1500. The normalized spacial score (nSPS) is 17.0. The number of aromatic amines is 1. The monoisotopic (exact) mass is 532 g/mol. The quantitative estimate of drug-likeness (QED) is 0.359. The SMILES string of the molecule is CC[C@@]1(c2ccccc2)NC(=O)N(CC(=O)N(CC(C)C)c2c(N)n(Cc3ccccc3)c(=O)[nH]c2=O)C1=O. The Morgan fingerprint density at radius 3 is 2.21 bits per heavy atom. The largest absolute Gasteiger partial charge is 0.383 e. The highest BCUT2D eigenvalue weighted by Gasteiger charge is 2.52. The minimum Gasteiger partial charge on any atom is -0.383 e. The third-order valence-electron chi connectivity index (χ3n) is 6.78. The van der Waals surface area contributed by atoms with Crippen molar-refractivity contribution in [2.75, 3.05) is 23.7 Å². The molecule has 0 saturated carbocycles. The molecule has 4 N–H and O–H groups in total. The van der Waals surface area contributed by atoms with Crippen LogP contribution in [0.1, 0.15) is 38.3 Å². The Kier molecular flexibility index (Phi) is 7.70. The van der Waals surface area contributed by atoms with Crippen molar-refractivity contribution in [3.05, 3.63) is 92.6 Å². The van der Waals surface area contributed by atoms with Gasteiger partial charge >= 0.3 is 11.7 Å². The van der Waals surface area contributed by atoms with Gasteiger partial charge in [0.2, 0.25) is 5.91 Å². The molecule has 4 rings (SSSR count). The van der Waals surface area contributed by atoms with Crippen LogP contribution < -0.4 is 27.2 Å². The lowest BCUT2D eigenvalue weighted by atomic mass is 9.87. The summed E-state index contributed by atoms with van der Waals surface area (Å²) in [5.41, 5.74) is 4.65. The number of hydrogen-bond acceptors (Lipinski definition) is 6. The first kappa shape index (κ1) is 27.4. The molecule has 0 radical (unpaired) electrons. The first-order chi connectivity index (χ1) is 18.6. The number of aromatic nitrogens is 2. The maximum absolute atomic E-state index is 13.7. The van der Waals surface area contributed by atoms with Crippen molar-refractivity contribution in [3.8, 4) is 0 Å². The number of urea groups is 1. The highest BCUT2D eigenvalue weighted by Crippen LogP contribution is 2.32. The molecule has 3 aromatic rings. The van der Waals surface area contributed by atoms with E-state index in [2.05, 4.69) is 10.3 Å². The highest BCUT2D eigenvalue weighted by molar-refractivity contribution is 6.11. The van der Waals surface area contributed by atoms with Gasteiger partial charge in [-0.25, -0.2) is 9.59 Å². The molecule has 0 spiro atoms. The van der Waals surface area contributed by atoms with Gasteiger partial charge in [-0.1, -0.05) is 81.4 Å². The molecule has 1 saturated heterocycles. The third kappa shape index (κ3) is 5.20. The minimum atomic E-state index is -1.30. The fraction of sp³-hybridized carbons (Fsp3) is 0.321. The summed E-state index contributed by atoms with van der Waals surface area (Å²) in [6, 6.07) is 17.2. The second-order valence-corrected chi connectivity index (χ2v) is 9.91. The fourth-order valence-electron chi connectivity index (χ4n) is 4.80. The molecule has 1 fully saturated rings. The van der Waals surface area contributed by atoms with Crippen LogP contribution in [-0.2, 0) is 21.7 Å². The van der Waals surface area contributed by atoms with Crippen LogP contribution in [0.2, 0.25) is 0 Å². The van der Waals surface area contributed by atoms with Crippen LogP contribution in [0.25, 0.3) is 0 Å². The standard InChI is InChI=1S/C28H32N6O5/c1-4-28(20-13-9-6-10-14-20)25(37)34(27(39)31-28)17-21(35)32(15-18(2)3)22-23(29)33(26(38)30-24(22)36)16-19-11-7-5-8-12-19/h5-14,18H,4,15-17,29H2,1-3H3,(H,31,39)(H,30,36,38)/t28-/m0/s1. The Morgan fingerprint density at radius 1 is 1.00 bits per heavy atom. The number of hydrogen-bond donors (Lipinski definition) is 3. The van der Waals surface area contributed by atoms with Crippen LogP contribution in [0.3, 0.4) is 0 Å². The summed E-state index contributed by atoms with van der Waals surface area (Å²) in [7, 11) is 0. The summed E-state index contributed by atoms with van der Waals surface area (Å²) in [6.45, 7) is 4.99. The molecule has 0 bridgehead atoms. The number of anilines is 2. The summed E-state index contributed by atoms with van der Waals surface area (Å²) in [6.07, 6.45) is 0.277. The number of nitrogens with one attached hydrogen (secondary N) is 2. The van der Waals surface area contributed by atoms with Crippen molar-refractivity contribution < 1.29 is 14.4 Å². The molecule has 2 heterocycles. The van der Waals surface area contributed by atoms with Crippen LogP contribution in [-0.4, -0.2) is 45.4 Å². The summed E-state index contributed by atoms with van der Waals surface area (Å²) >= 11 is 0. The number of carbonyl (C=O) groups is 3. The van der Waals surface area contributed by atoms with E-state index in [4.69, 9.17) is 5.73 Å². The molecule has 11 heteroatoms. The average Bonchev–Trinajstić information content (AvgIpc) is 3.16. The van der Waals surface area contributed by atoms with E-state index in [1.165, 1.54) is 4.57 Å². The zero-order valence-electron chi connectivity index (χ0n) is 22.1. The van der Waals surface area contributed by atoms with Crippen molar-refractivity contribution in [1.29, 1.82) is 0 Å². The van der Waals surface area contributed by atoms with Gasteiger partial charge in [-0.3, -0.25) is 28.8 Å². The van der Waals surface area contributed by atoms with Crippen molar-refractivity contribution in [2.45, 2.75) is 39.3 Å². The molecule has 39 heavy (non-hydrogen) atoms. The van der Waals surface area contributed by atoms with Gasteiger partial charge in [-0.05, 0) is 23.5 Å². The number of benzene rings is 2. The van der Waals surface area contributed by atoms with Gasteiger partial charge in [0.1, 0.15) is 17.9 Å². The van der Waals surface area contributed by atoms with Crippen molar-refractivity contribution >= 4 is 29.4 Å². The highest BCUT2D eigenvalue weighted by atomic mass is 16.2. The first-order valence-electron chi connectivity index (χ1n) is 12.8. The van der Waals surface area contributed by atoms with E-state index in [0.29, 0.717) is 5.56 Å². The van der Waals surface area contributed by atoms with Crippen LogP contribution in [0.5, 0.6) is 0 Å². The van der Waals surface area contributed by atoms with Gasteiger partial charge in [-0.2, -0.15) is 0 Å². The zero-order valence-corrected chi connectivity index (χ0v) is 22.1. The smallest absolute Gasteiger partial charge is 0.330 e. The lowest BCUT2D eigenvalue weighted by Gasteiger charge is -2.28. The summed E-state index contributed by atoms with van der Waals surface area (Å²) in [5.74, 6) is -1.54. The van der Waals surface area contributed by atoms with E-state index in [0.717, 1.165) is 15.4 Å². The second kappa shape index (κ2) is 11.0. The number of nitrogens with zero attached hydrogens (tertiary/aromatic N) is 3. The Balaban J connectivity index is 1.70. The van der Waals surface area contributed by atoms with Gasteiger partial charge < -0.3 is 16.0 Å². The van der Waals surface area contributed by atoms with E-state index < -0.39 is 41.2 Å². The number of amides is 4. The number of rotatable bonds is 9. The van der Waals surface area contributed by atoms with Crippen molar-refractivity contribution in [1.82, 2.24) is 19.8 Å². The van der Waals surface area contributed by atoms with E-state index in [1.54, 1.807) is 49.4 Å². The van der Waals surface area contributed by atoms with Crippen LogP contribution in [0.15, 0.2) is 70.3 Å². The van der Waals surface area contributed by atoms with E-state index in [9.17, 15) is 24.0 Å². The van der Waals surface area contributed by atoms with Gasteiger partial charge in [0.05, 0.1) is 6.54 Å². The Labute approximate surface area is 225 Å². The molecule has 2 aromatic carbocycles. The molecule has 204 valence electrons. The predicted octanol–water partition coefficient (Wildman–Crippen LogP) is 2.01. The van der Waals surface area contributed by atoms with Crippen molar-refractivity contribution in [3.63, 3.8) is 0 Å².